The molecule has 0 amide bonds. The predicted octanol–water partition coefficient (Wildman–Crippen LogP) is 3.37. The van der Waals surface area contributed by atoms with Crippen LogP contribution in [0.2, 0.25) is 0 Å². The molecule has 0 N–H and O–H groups in total. The minimum atomic E-state index is 0.561. The maximum Gasteiger partial charge on any atom is 0.0578 e. The Balaban J connectivity index is 2.11. The molecule has 1 aliphatic rings. The Morgan fingerprint density at radius 3 is 2.75 bits per heavy atom. The Morgan fingerprint density at radius 1 is 1.50 bits per heavy atom. The van der Waals surface area contributed by atoms with Crippen LogP contribution in [0.4, 0.5) is 0 Å². The average molecular weight is 235 g/mol. The van der Waals surface area contributed by atoms with Crippen LogP contribution in [0.3, 0.4) is 0 Å². The van der Waals surface area contributed by atoms with Gasteiger partial charge in [-0.05, 0) is 31.6 Å². The fraction of sp³-hybridized carbons (Fsp3) is 1.00. The van der Waals surface area contributed by atoms with Crippen LogP contribution in [0.25, 0.3) is 0 Å². The van der Waals surface area contributed by atoms with Crippen molar-refractivity contribution in [1.29, 1.82) is 0 Å². The van der Waals surface area contributed by atoms with Crippen molar-refractivity contribution in [1.82, 2.24) is 0 Å². The molecule has 0 aromatic carbocycles. The van der Waals surface area contributed by atoms with Crippen LogP contribution in [-0.2, 0) is 4.74 Å². The largest absolute Gasteiger partial charge is 0.378 e. The van der Waals surface area contributed by atoms with Crippen molar-refractivity contribution in [2.24, 2.45) is 5.92 Å². The molecule has 0 aromatic rings. The standard InChI is InChI=1S/C10H19BrO/c1-8(6-9(2)11)7-10-4-3-5-12-10/h8-10H,3-7H2,1-2H3. The number of hydrogen-bond acceptors (Lipinski definition) is 1. The van der Waals surface area contributed by atoms with E-state index in [4.69, 9.17) is 4.74 Å². The van der Waals surface area contributed by atoms with Gasteiger partial charge in [0, 0.05) is 11.4 Å². The third-order valence-electron chi connectivity index (χ3n) is 2.42. The highest BCUT2D eigenvalue weighted by atomic mass is 79.9. The van der Waals surface area contributed by atoms with Crippen molar-refractivity contribution in [2.75, 3.05) is 6.61 Å². The van der Waals surface area contributed by atoms with Crippen LogP contribution in [0.1, 0.15) is 39.5 Å². The van der Waals surface area contributed by atoms with Gasteiger partial charge in [0.15, 0.2) is 0 Å². The van der Waals surface area contributed by atoms with Gasteiger partial charge in [0.2, 0.25) is 0 Å². The van der Waals surface area contributed by atoms with E-state index in [1.54, 1.807) is 0 Å². The van der Waals surface area contributed by atoms with Gasteiger partial charge in [0.05, 0.1) is 6.10 Å². The highest BCUT2D eigenvalue weighted by Crippen LogP contribution is 2.23. The van der Waals surface area contributed by atoms with E-state index < -0.39 is 0 Å². The third kappa shape index (κ3) is 3.90. The van der Waals surface area contributed by atoms with Gasteiger partial charge in [-0.1, -0.05) is 29.8 Å². The van der Waals surface area contributed by atoms with Crippen molar-refractivity contribution >= 4 is 15.9 Å². The first-order valence-electron chi connectivity index (χ1n) is 4.94. The maximum absolute atomic E-state index is 5.59. The molecule has 1 fully saturated rings. The topological polar surface area (TPSA) is 9.23 Å². The van der Waals surface area contributed by atoms with Crippen molar-refractivity contribution in [3.05, 3.63) is 0 Å². The van der Waals surface area contributed by atoms with Crippen LogP contribution in [0.15, 0.2) is 0 Å². The molecule has 1 heterocycles. The van der Waals surface area contributed by atoms with Gasteiger partial charge in [0.1, 0.15) is 0 Å². The normalized spacial score (nSPS) is 28.8. The summed E-state index contributed by atoms with van der Waals surface area (Å²) in [6.07, 6.45) is 5.61. The number of ether oxygens (including phenoxy) is 1. The van der Waals surface area contributed by atoms with Crippen molar-refractivity contribution in [2.45, 2.75) is 50.5 Å². The molecular formula is C10H19BrO. The average Bonchev–Trinajstić information content (AvgIpc) is 2.37. The summed E-state index contributed by atoms with van der Waals surface area (Å²) in [4.78, 5) is 0.647. The van der Waals surface area contributed by atoms with Crippen LogP contribution in [0, 0.1) is 5.92 Å². The van der Waals surface area contributed by atoms with E-state index >= 15 is 0 Å². The van der Waals surface area contributed by atoms with Crippen molar-refractivity contribution in [3.8, 4) is 0 Å². The van der Waals surface area contributed by atoms with Gasteiger partial charge < -0.3 is 4.74 Å². The summed E-state index contributed by atoms with van der Waals surface area (Å²) in [7, 11) is 0. The lowest BCUT2D eigenvalue weighted by atomic mass is 9.97. The lowest BCUT2D eigenvalue weighted by Gasteiger charge is -2.16. The molecule has 0 radical (unpaired) electrons. The highest BCUT2D eigenvalue weighted by molar-refractivity contribution is 9.09. The molecule has 1 nitrogen and oxygen atoms in total. The van der Waals surface area contributed by atoms with Crippen LogP contribution in [0.5, 0.6) is 0 Å². The van der Waals surface area contributed by atoms with E-state index in [1.165, 1.54) is 25.7 Å². The summed E-state index contributed by atoms with van der Waals surface area (Å²) >= 11 is 3.58. The Morgan fingerprint density at radius 2 is 2.25 bits per heavy atom. The summed E-state index contributed by atoms with van der Waals surface area (Å²) < 4.78 is 5.59. The smallest absolute Gasteiger partial charge is 0.0578 e. The number of hydrogen-bond donors (Lipinski definition) is 0. The molecule has 1 aliphatic heterocycles. The first-order valence-corrected chi connectivity index (χ1v) is 5.85. The number of halogens is 1. The van der Waals surface area contributed by atoms with Gasteiger partial charge in [0.25, 0.3) is 0 Å². The van der Waals surface area contributed by atoms with Crippen LogP contribution < -0.4 is 0 Å². The Kier molecular flexibility index (Phi) is 4.59. The summed E-state index contributed by atoms with van der Waals surface area (Å²) in [5, 5.41) is 0. The molecule has 1 rings (SSSR count). The molecule has 0 saturated carbocycles. The predicted molar refractivity (Wildman–Crippen MR) is 55.8 cm³/mol. The monoisotopic (exact) mass is 234 g/mol. The fourth-order valence-electron chi connectivity index (χ4n) is 1.93. The van der Waals surface area contributed by atoms with Crippen molar-refractivity contribution in [3.63, 3.8) is 0 Å². The van der Waals surface area contributed by atoms with Gasteiger partial charge in [-0.15, -0.1) is 0 Å². The zero-order valence-electron chi connectivity index (χ0n) is 8.05. The van der Waals surface area contributed by atoms with E-state index in [1.807, 2.05) is 0 Å². The van der Waals surface area contributed by atoms with E-state index in [0.29, 0.717) is 10.9 Å². The maximum atomic E-state index is 5.59. The summed E-state index contributed by atoms with van der Waals surface area (Å²) in [5.74, 6) is 0.794. The quantitative estimate of drug-likeness (QED) is 0.679. The first-order chi connectivity index (χ1) is 5.68. The molecule has 3 atom stereocenters. The second-order valence-electron chi connectivity index (χ2n) is 3.99. The fourth-order valence-corrected chi connectivity index (χ4v) is 2.57. The molecule has 2 heteroatoms. The molecule has 0 aromatic heterocycles. The Bertz CT molecular complexity index is 119. The molecule has 0 bridgehead atoms. The molecular weight excluding hydrogens is 216 g/mol. The van der Waals surface area contributed by atoms with E-state index in [2.05, 4.69) is 29.8 Å². The molecule has 12 heavy (non-hydrogen) atoms. The van der Waals surface area contributed by atoms with Gasteiger partial charge in [-0.2, -0.15) is 0 Å². The molecule has 3 unspecified atom stereocenters. The first kappa shape index (κ1) is 10.5. The van der Waals surface area contributed by atoms with E-state index in [9.17, 15) is 0 Å². The molecule has 0 spiro atoms. The summed E-state index contributed by atoms with van der Waals surface area (Å²) in [6, 6.07) is 0. The zero-order chi connectivity index (χ0) is 8.97. The summed E-state index contributed by atoms with van der Waals surface area (Å²) in [5.41, 5.74) is 0. The van der Waals surface area contributed by atoms with E-state index in [0.717, 1.165) is 12.5 Å². The summed E-state index contributed by atoms with van der Waals surface area (Å²) in [6.45, 7) is 5.52. The minimum Gasteiger partial charge on any atom is -0.378 e. The van der Waals surface area contributed by atoms with Crippen LogP contribution in [-0.4, -0.2) is 17.5 Å². The van der Waals surface area contributed by atoms with Crippen molar-refractivity contribution < 1.29 is 4.74 Å². The lowest BCUT2D eigenvalue weighted by molar-refractivity contribution is 0.0908. The third-order valence-corrected chi connectivity index (χ3v) is 2.79. The molecule has 0 aliphatic carbocycles. The SMILES string of the molecule is CC(Br)CC(C)CC1CCCO1. The second kappa shape index (κ2) is 5.23. The zero-order valence-corrected chi connectivity index (χ0v) is 9.64. The Labute approximate surface area is 84.0 Å². The Hall–Kier alpha value is 0.440. The van der Waals surface area contributed by atoms with Gasteiger partial charge in [-0.3, -0.25) is 0 Å². The minimum absolute atomic E-state index is 0.561. The van der Waals surface area contributed by atoms with Gasteiger partial charge in [-0.25, -0.2) is 0 Å². The molecule has 72 valence electrons. The van der Waals surface area contributed by atoms with Crippen LogP contribution >= 0.6 is 15.9 Å². The van der Waals surface area contributed by atoms with Gasteiger partial charge >= 0.3 is 0 Å². The highest BCUT2D eigenvalue weighted by Gasteiger charge is 2.18. The molecule has 1 saturated heterocycles. The number of rotatable bonds is 4. The number of alkyl halides is 1. The lowest BCUT2D eigenvalue weighted by Crippen LogP contribution is -2.12. The second-order valence-corrected chi connectivity index (χ2v) is 5.56. The van der Waals surface area contributed by atoms with E-state index in [-0.39, 0.29) is 0 Å².